The third-order valence-electron chi connectivity index (χ3n) is 13.2. The van der Waals surface area contributed by atoms with Gasteiger partial charge >= 0.3 is 5.97 Å². The number of hydrogen-bond donors (Lipinski definition) is 8. The molecule has 5 rings (SSSR count). The summed E-state index contributed by atoms with van der Waals surface area (Å²) in [5.74, 6) is -0.649. The summed E-state index contributed by atoms with van der Waals surface area (Å²) in [6, 6.07) is 0. The number of aliphatic hydroxyl groups excluding tert-OH is 5. The van der Waals surface area contributed by atoms with Crippen LogP contribution >= 0.6 is 0 Å². The van der Waals surface area contributed by atoms with E-state index in [2.05, 4.69) is 26.1 Å². The molecule has 16 atom stereocenters. The summed E-state index contributed by atoms with van der Waals surface area (Å²) in [6.07, 6.45) is -2.80. The van der Waals surface area contributed by atoms with E-state index < -0.39 is 65.1 Å². The largest absolute Gasteiger partial charge is 0.479 e. The maximum absolute atomic E-state index is 11.9. The first-order chi connectivity index (χ1) is 21.5. The summed E-state index contributed by atoms with van der Waals surface area (Å²) in [5, 5.41) is 66.8. The van der Waals surface area contributed by atoms with Gasteiger partial charge in [-0.25, -0.2) is 4.79 Å². The van der Waals surface area contributed by atoms with E-state index in [4.69, 9.17) is 14.0 Å². The Morgan fingerprint density at radius 1 is 0.978 bits per heavy atom. The highest BCUT2D eigenvalue weighted by Gasteiger charge is 2.66. The molecule has 266 valence electrons. The first-order valence-electron chi connectivity index (χ1n) is 17.1. The maximum atomic E-state index is 11.9. The van der Waals surface area contributed by atoms with Crippen molar-refractivity contribution in [2.24, 2.45) is 46.3 Å². The molecule has 14 heteroatoms. The van der Waals surface area contributed by atoms with Crippen molar-refractivity contribution in [2.45, 2.75) is 128 Å². The van der Waals surface area contributed by atoms with Crippen molar-refractivity contribution in [2.75, 3.05) is 18.8 Å². The van der Waals surface area contributed by atoms with Crippen LogP contribution in [-0.4, -0.2) is 117 Å². The molecule has 0 bridgehead atoms. The van der Waals surface area contributed by atoms with Gasteiger partial charge in [-0.2, -0.15) is 8.42 Å². The Bertz CT molecular complexity index is 1190. The lowest BCUT2D eigenvalue weighted by atomic mass is 9.43. The number of carbonyl (C=O) groups is 1. The summed E-state index contributed by atoms with van der Waals surface area (Å²) in [7, 11) is -3.98. The average Bonchev–Trinajstić information content (AvgIpc) is 3.34. The van der Waals surface area contributed by atoms with Gasteiger partial charge in [0.2, 0.25) is 0 Å². The second-order valence-electron chi connectivity index (χ2n) is 15.5. The second-order valence-corrected chi connectivity index (χ2v) is 17.1. The molecule has 4 saturated carbocycles. The van der Waals surface area contributed by atoms with Crippen LogP contribution < -0.4 is 5.32 Å². The quantitative estimate of drug-likeness (QED) is 0.0860. The third-order valence-corrected chi connectivity index (χ3v) is 13.9. The molecule has 8 N–H and O–H groups in total. The van der Waals surface area contributed by atoms with Crippen molar-refractivity contribution in [3.05, 3.63) is 0 Å². The molecule has 1 saturated heterocycles. The van der Waals surface area contributed by atoms with Gasteiger partial charge in [-0.05, 0) is 111 Å². The predicted molar refractivity (Wildman–Crippen MR) is 165 cm³/mol. The Labute approximate surface area is 271 Å². The SMILES string of the molecule is C[C@H](CCCNCCS(=O)(=O)O)[C@H]1CC[C@H]2[C@@H]3[C@H](O)C[C@@H]4C[C@H](O[C@@H]5O[C@H](C(=O)O)[C@@H](O)[C@H](O)[C@H]5O)CC[C@]4(C)[C@H]3C[C@H](O)[C@]12C. The van der Waals surface area contributed by atoms with Crippen LogP contribution in [0.4, 0.5) is 0 Å². The van der Waals surface area contributed by atoms with E-state index in [1.165, 1.54) is 0 Å². The van der Waals surface area contributed by atoms with Gasteiger partial charge in [0.15, 0.2) is 12.4 Å². The number of carboxylic acids is 1. The molecular weight excluding hydrogens is 622 g/mol. The minimum atomic E-state index is -3.98. The fourth-order valence-corrected chi connectivity index (χ4v) is 11.1. The number of fused-ring (bicyclic) bond motifs is 5. The minimum Gasteiger partial charge on any atom is -0.479 e. The fourth-order valence-electron chi connectivity index (χ4n) is 10.7. The number of carboxylic acid groups (broad SMARTS) is 1. The van der Waals surface area contributed by atoms with Crippen LogP contribution in [-0.2, 0) is 24.4 Å². The molecule has 5 fully saturated rings. The Kier molecular flexibility index (Phi) is 10.9. The van der Waals surface area contributed by atoms with Crippen molar-refractivity contribution < 1.29 is 57.9 Å². The van der Waals surface area contributed by atoms with Crippen LogP contribution in [0.25, 0.3) is 0 Å². The highest BCUT2D eigenvalue weighted by Crippen LogP contribution is 2.68. The third kappa shape index (κ3) is 6.77. The lowest BCUT2D eigenvalue weighted by Gasteiger charge is -2.63. The van der Waals surface area contributed by atoms with Crippen LogP contribution in [0.5, 0.6) is 0 Å². The highest BCUT2D eigenvalue weighted by molar-refractivity contribution is 7.85. The van der Waals surface area contributed by atoms with Gasteiger partial charge in [0.05, 0.1) is 24.1 Å². The van der Waals surface area contributed by atoms with Gasteiger partial charge in [0.1, 0.15) is 18.3 Å². The van der Waals surface area contributed by atoms with Gasteiger partial charge in [-0.3, -0.25) is 4.55 Å². The number of ether oxygens (including phenoxy) is 2. The van der Waals surface area contributed by atoms with Gasteiger partial charge in [-0.15, -0.1) is 0 Å². The Hall–Kier alpha value is -0.940. The van der Waals surface area contributed by atoms with E-state index in [9.17, 15) is 43.9 Å². The summed E-state index contributed by atoms with van der Waals surface area (Å²) in [4.78, 5) is 11.5. The van der Waals surface area contributed by atoms with Crippen molar-refractivity contribution in [1.82, 2.24) is 5.32 Å². The van der Waals surface area contributed by atoms with Crippen LogP contribution in [0.3, 0.4) is 0 Å². The average molecular weight is 678 g/mol. The van der Waals surface area contributed by atoms with Crippen LogP contribution in [0.1, 0.15) is 78.6 Å². The van der Waals surface area contributed by atoms with Gasteiger partial charge in [0.25, 0.3) is 10.1 Å². The molecule has 5 aliphatic rings. The van der Waals surface area contributed by atoms with E-state index >= 15 is 0 Å². The first kappa shape index (κ1) is 36.3. The zero-order valence-corrected chi connectivity index (χ0v) is 28.0. The van der Waals surface area contributed by atoms with Crippen LogP contribution in [0, 0.1) is 46.3 Å². The Morgan fingerprint density at radius 2 is 1.70 bits per heavy atom. The predicted octanol–water partition coefficient (Wildman–Crippen LogP) is 0.758. The van der Waals surface area contributed by atoms with Crippen LogP contribution in [0.2, 0.25) is 0 Å². The molecule has 0 spiro atoms. The lowest BCUT2D eigenvalue weighted by molar-refractivity contribution is -0.310. The topological polar surface area (TPSA) is 223 Å². The van der Waals surface area contributed by atoms with Crippen molar-refractivity contribution in [3.63, 3.8) is 0 Å². The van der Waals surface area contributed by atoms with Crippen molar-refractivity contribution >= 4 is 16.1 Å². The number of aliphatic hydroxyl groups is 5. The smallest absolute Gasteiger partial charge is 0.335 e. The summed E-state index contributed by atoms with van der Waals surface area (Å²) >= 11 is 0. The van der Waals surface area contributed by atoms with Gasteiger partial charge < -0.3 is 45.4 Å². The molecular formula is C32H55NO12S. The number of rotatable bonds is 11. The molecule has 0 aromatic rings. The Balaban J connectivity index is 1.21. The van der Waals surface area contributed by atoms with E-state index in [-0.39, 0.29) is 46.8 Å². The highest BCUT2D eigenvalue weighted by atomic mass is 32.2. The summed E-state index contributed by atoms with van der Waals surface area (Å²) in [6.45, 7) is 7.57. The molecule has 1 heterocycles. The van der Waals surface area contributed by atoms with Gasteiger partial charge in [-0.1, -0.05) is 20.8 Å². The molecule has 0 aromatic carbocycles. The zero-order chi connectivity index (χ0) is 33.8. The number of hydrogen-bond acceptors (Lipinski definition) is 11. The van der Waals surface area contributed by atoms with Crippen LogP contribution in [0.15, 0.2) is 0 Å². The fraction of sp³-hybridized carbons (Fsp3) is 0.969. The van der Waals surface area contributed by atoms with Crippen molar-refractivity contribution in [1.29, 1.82) is 0 Å². The number of aliphatic carboxylic acids is 1. The molecule has 0 unspecified atom stereocenters. The normalized spacial score (nSPS) is 48.2. The van der Waals surface area contributed by atoms with E-state index in [1.807, 2.05) is 0 Å². The molecule has 0 radical (unpaired) electrons. The zero-order valence-electron chi connectivity index (χ0n) is 27.1. The molecule has 0 aromatic heterocycles. The summed E-state index contributed by atoms with van der Waals surface area (Å²) in [5.41, 5.74) is -0.459. The standard InChI is InChI=1S/C32H55NO12S/c1-16(5-4-10-33-11-12-46(41,42)43)19-6-7-20-24-21(15-23(35)32(19,20)3)31(2)9-8-18(13-17(31)14-22(24)34)44-30-27(38)25(36)26(37)28(45-30)29(39)40/h16-28,30,33-38H,4-15H2,1-3H3,(H,39,40)(H,41,42,43)/t16-,17+,18-,19-,20+,21+,22-,23+,24+,25+,26+,27-,28+,30-,31+,32-/m1/s1. The molecule has 13 nitrogen and oxygen atoms in total. The summed E-state index contributed by atoms with van der Waals surface area (Å²) < 4.78 is 42.2. The molecule has 0 amide bonds. The van der Waals surface area contributed by atoms with E-state index in [0.29, 0.717) is 44.1 Å². The number of nitrogens with one attached hydrogen (secondary N) is 1. The first-order valence-corrected chi connectivity index (χ1v) is 18.7. The molecule has 1 aliphatic heterocycles. The monoisotopic (exact) mass is 677 g/mol. The van der Waals surface area contributed by atoms with E-state index in [1.54, 1.807) is 0 Å². The van der Waals surface area contributed by atoms with Crippen molar-refractivity contribution in [3.8, 4) is 0 Å². The van der Waals surface area contributed by atoms with E-state index in [0.717, 1.165) is 32.1 Å². The Morgan fingerprint density at radius 3 is 2.37 bits per heavy atom. The maximum Gasteiger partial charge on any atom is 0.335 e. The molecule has 46 heavy (non-hydrogen) atoms. The van der Waals surface area contributed by atoms with Gasteiger partial charge in [0, 0.05) is 6.54 Å². The lowest BCUT2D eigenvalue weighted by Crippen LogP contribution is -2.63. The minimum absolute atomic E-state index is 0.0721. The second kappa shape index (κ2) is 13.8. The molecule has 4 aliphatic carbocycles.